The number of benzene rings is 2. The second-order valence-electron chi connectivity index (χ2n) is 8.39. The highest BCUT2D eigenvalue weighted by Crippen LogP contribution is 2.44. The molecule has 2 aromatic rings. The first-order valence-electron chi connectivity index (χ1n) is 11.2. The second kappa shape index (κ2) is 10.5. The maximum atomic E-state index is 12.2. The monoisotopic (exact) mass is 452 g/mol. The van der Waals surface area contributed by atoms with Crippen LogP contribution >= 0.6 is 0 Å². The van der Waals surface area contributed by atoms with Crippen LogP contribution in [-0.4, -0.2) is 55.5 Å². The van der Waals surface area contributed by atoms with Crippen molar-refractivity contribution < 1.29 is 29.0 Å². The normalized spacial score (nSPS) is 18.9. The maximum Gasteiger partial charge on any atom is 0.407 e. The van der Waals surface area contributed by atoms with Crippen molar-refractivity contribution in [2.24, 2.45) is 5.92 Å². The zero-order valence-electron chi connectivity index (χ0n) is 18.3. The van der Waals surface area contributed by atoms with Crippen LogP contribution < -0.4 is 10.6 Å². The van der Waals surface area contributed by atoms with Crippen LogP contribution in [0.1, 0.15) is 36.3 Å². The summed E-state index contributed by atoms with van der Waals surface area (Å²) >= 11 is 0. The molecule has 1 heterocycles. The minimum atomic E-state index is -0.872. The highest BCUT2D eigenvalue weighted by molar-refractivity contribution is 5.79. The van der Waals surface area contributed by atoms with Crippen molar-refractivity contribution in [2.75, 3.05) is 26.3 Å². The van der Waals surface area contributed by atoms with Gasteiger partial charge in [0.25, 0.3) is 0 Å². The van der Waals surface area contributed by atoms with Crippen LogP contribution in [-0.2, 0) is 19.1 Å². The average molecular weight is 453 g/mol. The van der Waals surface area contributed by atoms with Crippen molar-refractivity contribution >= 4 is 18.0 Å². The lowest BCUT2D eigenvalue weighted by Gasteiger charge is -2.14. The molecule has 3 N–H and O–H groups in total. The molecule has 2 aromatic carbocycles. The first-order chi connectivity index (χ1) is 16.0. The molecule has 174 valence electrons. The molecule has 1 saturated heterocycles. The molecular formula is C25H28N2O6. The molecule has 2 atom stereocenters. The van der Waals surface area contributed by atoms with E-state index in [-0.39, 0.29) is 37.6 Å². The number of aliphatic carboxylic acids is 1. The Balaban J connectivity index is 1.14. The molecule has 4 rings (SSSR count). The van der Waals surface area contributed by atoms with E-state index in [4.69, 9.17) is 14.6 Å². The fourth-order valence-corrected chi connectivity index (χ4v) is 4.42. The number of carbonyl (C=O) groups is 3. The van der Waals surface area contributed by atoms with Gasteiger partial charge in [-0.15, -0.1) is 0 Å². The van der Waals surface area contributed by atoms with Gasteiger partial charge >= 0.3 is 12.1 Å². The summed E-state index contributed by atoms with van der Waals surface area (Å²) in [6, 6.07) is 16.3. The van der Waals surface area contributed by atoms with Gasteiger partial charge in [-0.3, -0.25) is 9.59 Å². The summed E-state index contributed by atoms with van der Waals surface area (Å²) in [6.45, 7) is 1.05. The summed E-state index contributed by atoms with van der Waals surface area (Å²) in [6.07, 6.45) is 0.349. The molecule has 1 aliphatic carbocycles. The van der Waals surface area contributed by atoms with Gasteiger partial charge in [-0.1, -0.05) is 48.5 Å². The van der Waals surface area contributed by atoms with Crippen LogP contribution in [0.4, 0.5) is 4.79 Å². The fraction of sp³-hybridized carbons (Fsp3) is 0.400. The van der Waals surface area contributed by atoms with Gasteiger partial charge in [0.2, 0.25) is 5.91 Å². The van der Waals surface area contributed by atoms with Crippen LogP contribution in [0.5, 0.6) is 0 Å². The van der Waals surface area contributed by atoms with Crippen molar-refractivity contribution in [2.45, 2.75) is 31.3 Å². The summed E-state index contributed by atoms with van der Waals surface area (Å²) in [7, 11) is 0. The topological polar surface area (TPSA) is 114 Å². The van der Waals surface area contributed by atoms with Crippen LogP contribution in [0.15, 0.2) is 48.5 Å². The number of amides is 2. The van der Waals surface area contributed by atoms with Crippen molar-refractivity contribution in [3.8, 4) is 11.1 Å². The van der Waals surface area contributed by atoms with Gasteiger partial charge in [0.05, 0.1) is 18.6 Å². The van der Waals surface area contributed by atoms with E-state index in [2.05, 4.69) is 34.9 Å². The first kappa shape index (κ1) is 22.8. The number of carbonyl (C=O) groups excluding carboxylic acids is 2. The number of hydrogen-bond acceptors (Lipinski definition) is 5. The standard InChI is InChI=1S/C25H28N2O6/c28-23(27-13-17-12-16(14-32-17)24(29)30)10-5-11-26-25(31)33-15-22-20-8-3-1-6-18(20)19-7-2-4-9-21(19)22/h1-4,6-9,16-17,22H,5,10-15H2,(H,26,31)(H,27,28)(H,29,30)/t16-,17-/m0/s1. The first-order valence-corrected chi connectivity index (χ1v) is 11.2. The number of nitrogens with one attached hydrogen (secondary N) is 2. The van der Waals surface area contributed by atoms with Gasteiger partial charge in [0.1, 0.15) is 6.61 Å². The largest absolute Gasteiger partial charge is 0.481 e. The Morgan fingerprint density at radius 3 is 2.30 bits per heavy atom. The molecule has 0 aromatic heterocycles. The Bertz CT molecular complexity index is 978. The predicted octanol–water partition coefficient (Wildman–Crippen LogP) is 2.91. The summed E-state index contributed by atoms with van der Waals surface area (Å²) < 4.78 is 10.9. The maximum absolute atomic E-state index is 12.2. The molecule has 0 bridgehead atoms. The number of hydrogen-bond donors (Lipinski definition) is 3. The average Bonchev–Trinajstić information content (AvgIpc) is 3.42. The number of alkyl carbamates (subject to hydrolysis) is 1. The highest BCUT2D eigenvalue weighted by Gasteiger charge is 2.31. The van der Waals surface area contributed by atoms with Crippen molar-refractivity contribution in [3.63, 3.8) is 0 Å². The highest BCUT2D eigenvalue weighted by atomic mass is 16.5. The zero-order chi connectivity index (χ0) is 23.2. The number of fused-ring (bicyclic) bond motifs is 3. The molecule has 1 fully saturated rings. The van der Waals surface area contributed by atoms with E-state index in [9.17, 15) is 14.4 Å². The minimum Gasteiger partial charge on any atom is -0.481 e. The van der Waals surface area contributed by atoms with Gasteiger partial charge in [-0.2, -0.15) is 0 Å². The number of rotatable bonds is 9. The Hall–Kier alpha value is -3.39. The fourth-order valence-electron chi connectivity index (χ4n) is 4.42. The van der Waals surface area contributed by atoms with E-state index < -0.39 is 18.0 Å². The smallest absolute Gasteiger partial charge is 0.407 e. The molecule has 2 aliphatic rings. The number of carboxylic acids is 1. The summed E-state index contributed by atoms with van der Waals surface area (Å²) in [4.78, 5) is 35.1. The summed E-state index contributed by atoms with van der Waals surface area (Å²) in [5, 5.41) is 14.4. The van der Waals surface area contributed by atoms with Crippen molar-refractivity contribution in [1.82, 2.24) is 10.6 Å². The van der Waals surface area contributed by atoms with Crippen LogP contribution in [0.2, 0.25) is 0 Å². The third kappa shape index (κ3) is 5.51. The zero-order valence-corrected chi connectivity index (χ0v) is 18.3. The third-order valence-corrected chi connectivity index (χ3v) is 6.15. The van der Waals surface area contributed by atoms with Gasteiger partial charge in [-0.25, -0.2) is 4.79 Å². The van der Waals surface area contributed by atoms with Crippen LogP contribution in [0, 0.1) is 5.92 Å². The SMILES string of the molecule is O=C(CCCNC(=O)OCC1c2ccccc2-c2ccccc21)NC[C@@H]1C[C@H](C(=O)O)CO1. The third-order valence-electron chi connectivity index (χ3n) is 6.15. The lowest BCUT2D eigenvalue weighted by molar-refractivity contribution is -0.141. The number of carboxylic acid groups (broad SMARTS) is 1. The van der Waals surface area contributed by atoms with Crippen molar-refractivity contribution in [3.05, 3.63) is 59.7 Å². The Morgan fingerprint density at radius 2 is 1.67 bits per heavy atom. The summed E-state index contributed by atoms with van der Waals surface area (Å²) in [5.74, 6) is -1.53. The van der Waals surface area contributed by atoms with E-state index in [0.29, 0.717) is 25.9 Å². The van der Waals surface area contributed by atoms with Crippen molar-refractivity contribution in [1.29, 1.82) is 0 Å². The molecule has 0 unspecified atom stereocenters. The molecule has 0 spiro atoms. The molecule has 0 saturated carbocycles. The Labute approximate surface area is 192 Å². The van der Waals surface area contributed by atoms with E-state index >= 15 is 0 Å². The molecule has 0 radical (unpaired) electrons. The molecule has 8 nitrogen and oxygen atoms in total. The van der Waals surface area contributed by atoms with E-state index in [1.165, 1.54) is 11.1 Å². The number of ether oxygens (including phenoxy) is 2. The molecule has 8 heteroatoms. The van der Waals surface area contributed by atoms with Gasteiger partial charge in [-0.05, 0) is 35.1 Å². The van der Waals surface area contributed by atoms with Gasteiger partial charge in [0, 0.05) is 25.4 Å². The Morgan fingerprint density at radius 1 is 1.00 bits per heavy atom. The van der Waals surface area contributed by atoms with Gasteiger partial charge < -0.3 is 25.2 Å². The van der Waals surface area contributed by atoms with Gasteiger partial charge in [0.15, 0.2) is 0 Å². The second-order valence-corrected chi connectivity index (χ2v) is 8.39. The lowest BCUT2D eigenvalue weighted by atomic mass is 9.98. The molecular weight excluding hydrogens is 424 g/mol. The summed E-state index contributed by atoms with van der Waals surface area (Å²) in [5.41, 5.74) is 4.66. The van der Waals surface area contributed by atoms with Crippen LogP contribution in [0.25, 0.3) is 11.1 Å². The predicted molar refractivity (Wildman–Crippen MR) is 121 cm³/mol. The van der Waals surface area contributed by atoms with Crippen LogP contribution in [0.3, 0.4) is 0 Å². The Kier molecular flexibility index (Phi) is 7.24. The van der Waals surface area contributed by atoms with E-state index in [0.717, 1.165) is 11.1 Å². The molecule has 2 amide bonds. The molecule has 1 aliphatic heterocycles. The van der Waals surface area contributed by atoms with E-state index in [1.807, 2.05) is 24.3 Å². The minimum absolute atomic E-state index is 0.00691. The lowest BCUT2D eigenvalue weighted by Crippen LogP contribution is -2.33. The molecule has 33 heavy (non-hydrogen) atoms. The quantitative estimate of drug-likeness (QED) is 0.504. The van der Waals surface area contributed by atoms with E-state index in [1.54, 1.807) is 0 Å².